The number of carbonyl (C=O) groups is 1. The van der Waals surface area contributed by atoms with Gasteiger partial charge in [0.25, 0.3) is 0 Å². The summed E-state index contributed by atoms with van der Waals surface area (Å²) < 4.78 is 28.0. The number of alkyl halides is 1. The van der Waals surface area contributed by atoms with E-state index >= 15 is 0 Å². The van der Waals surface area contributed by atoms with Gasteiger partial charge in [-0.15, -0.1) is 0 Å². The van der Waals surface area contributed by atoms with Crippen LogP contribution in [0.2, 0.25) is 0 Å². The van der Waals surface area contributed by atoms with Gasteiger partial charge in [-0.1, -0.05) is 15.9 Å². The first-order valence-corrected chi connectivity index (χ1v) is 6.74. The molecule has 0 atom stereocenters. The van der Waals surface area contributed by atoms with Crippen LogP contribution in [0, 0.1) is 0 Å². The molecular formula is C7H14BrNO4S. The second-order valence-electron chi connectivity index (χ2n) is 2.72. The largest absolute Gasteiger partial charge is 0.469 e. The van der Waals surface area contributed by atoms with Crippen LogP contribution in [0.25, 0.3) is 0 Å². The fourth-order valence-corrected chi connectivity index (χ4v) is 2.39. The van der Waals surface area contributed by atoms with Crippen LogP contribution >= 0.6 is 15.9 Å². The molecule has 0 aromatic heterocycles. The van der Waals surface area contributed by atoms with Gasteiger partial charge in [0.15, 0.2) is 0 Å². The molecule has 0 aromatic rings. The molecule has 5 nitrogen and oxygen atoms in total. The molecule has 84 valence electrons. The SMILES string of the molecule is COC(=O)CCCN(C)S(=O)(=O)CBr. The summed E-state index contributed by atoms with van der Waals surface area (Å²) in [7, 11) is -0.418. The number of ether oxygens (including phenoxy) is 1. The van der Waals surface area contributed by atoms with Gasteiger partial charge in [0, 0.05) is 20.0 Å². The Hall–Kier alpha value is -0.140. The minimum atomic E-state index is -3.20. The zero-order chi connectivity index (χ0) is 11.2. The molecule has 0 radical (unpaired) electrons. The van der Waals surface area contributed by atoms with Gasteiger partial charge in [0.1, 0.15) is 4.66 Å². The summed E-state index contributed by atoms with van der Waals surface area (Å²) in [4.78, 5) is 10.7. The number of carbonyl (C=O) groups excluding carboxylic acids is 1. The van der Waals surface area contributed by atoms with Crippen molar-refractivity contribution in [3.63, 3.8) is 0 Å². The maximum Gasteiger partial charge on any atom is 0.305 e. The molecule has 0 saturated heterocycles. The summed E-state index contributed by atoms with van der Waals surface area (Å²) in [5, 5.41) is 0. The monoisotopic (exact) mass is 287 g/mol. The van der Waals surface area contributed by atoms with Crippen LogP contribution in [0.5, 0.6) is 0 Å². The van der Waals surface area contributed by atoms with Gasteiger partial charge in [-0.25, -0.2) is 12.7 Å². The molecule has 0 bridgehead atoms. The molecule has 14 heavy (non-hydrogen) atoms. The van der Waals surface area contributed by atoms with Gasteiger partial charge >= 0.3 is 5.97 Å². The molecule has 0 amide bonds. The van der Waals surface area contributed by atoms with E-state index in [1.165, 1.54) is 18.5 Å². The topological polar surface area (TPSA) is 63.7 Å². The average molecular weight is 288 g/mol. The van der Waals surface area contributed by atoms with Crippen molar-refractivity contribution >= 4 is 31.9 Å². The van der Waals surface area contributed by atoms with E-state index in [9.17, 15) is 13.2 Å². The third kappa shape index (κ3) is 4.92. The van der Waals surface area contributed by atoms with Crippen LogP contribution < -0.4 is 0 Å². The normalized spacial score (nSPS) is 11.7. The summed E-state index contributed by atoms with van der Waals surface area (Å²) in [5.41, 5.74) is 0. The fourth-order valence-electron chi connectivity index (χ4n) is 0.771. The maximum atomic E-state index is 11.2. The molecule has 7 heteroatoms. The number of hydrogen-bond acceptors (Lipinski definition) is 4. The van der Waals surface area contributed by atoms with E-state index in [4.69, 9.17) is 0 Å². The predicted octanol–water partition coefficient (Wildman–Crippen LogP) is 0.554. The van der Waals surface area contributed by atoms with Crippen molar-refractivity contribution in [2.45, 2.75) is 12.8 Å². The number of sulfonamides is 1. The van der Waals surface area contributed by atoms with Crippen molar-refractivity contribution in [2.75, 3.05) is 25.4 Å². The molecule has 0 aliphatic rings. The zero-order valence-corrected chi connectivity index (χ0v) is 10.6. The molecule has 0 N–H and O–H groups in total. The van der Waals surface area contributed by atoms with Crippen molar-refractivity contribution in [3.05, 3.63) is 0 Å². The first-order valence-electron chi connectivity index (χ1n) is 4.01. The van der Waals surface area contributed by atoms with Gasteiger partial charge in [0.05, 0.1) is 7.11 Å². The second kappa shape index (κ2) is 6.36. The number of esters is 1. The summed E-state index contributed by atoms with van der Waals surface area (Å²) in [6, 6.07) is 0. The Bertz CT molecular complexity index is 277. The standard InChI is InChI=1S/C7H14BrNO4S/c1-9(14(11,12)6-8)5-3-4-7(10)13-2/h3-6H2,1-2H3. The first-order chi connectivity index (χ1) is 6.44. The molecule has 0 fully saturated rings. The number of rotatable bonds is 6. The summed E-state index contributed by atoms with van der Waals surface area (Å²) in [5.74, 6) is -0.324. The van der Waals surface area contributed by atoms with E-state index in [-0.39, 0.29) is 17.1 Å². The van der Waals surface area contributed by atoms with E-state index in [0.29, 0.717) is 13.0 Å². The van der Waals surface area contributed by atoms with E-state index in [1.807, 2.05) is 0 Å². The summed E-state index contributed by atoms with van der Waals surface area (Å²) >= 11 is 2.88. The first kappa shape index (κ1) is 13.9. The lowest BCUT2D eigenvalue weighted by molar-refractivity contribution is -0.140. The highest BCUT2D eigenvalue weighted by atomic mass is 79.9. The Kier molecular flexibility index (Phi) is 6.30. The van der Waals surface area contributed by atoms with Crippen molar-refractivity contribution in [1.82, 2.24) is 4.31 Å². The highest BCUT2D eigenvalue weighted by Gasteiger charge is 2.15. The highest BCUT2D eigenvalue weighted by molar-refractivity contribution is 9.10. The predicted molar refractivity (Wildman–Crippen MR) is 56.6 cm³/mol. The molecule has 0 spiro atoms. The van der Waals surface area contributed by atoms with Crippen molar-refractivity contribution in [2.24, 2.45) is 0 Å². The number of nitrogens with zero attached hydrogens (tertiary/aromatic N) is 1. The molecule has 0 saturated carbocycles. The summed E-state index contributed by atoms with van der Waals surface area (Å²) in [6.07, 6.45) is 0.702. The van der Waals surface area contributed by atoms with Gasteiger partial charge in [0.2, 0.25) is 10.0 Å². The van der Waals surface area contributed by atoms with Crippen LogP contribution in [0.1, 0.15) is 12.8 Å². The lowest BCUT2D eigenvalue weighted by atomic mass is 10.3. The Morgan fingerprint density at radius 1 is 1.50 bits per heavy atom. The smallest absolute Gasteiger partial charge is 0.305 e. The Morgan fingerprint density at radius 2 is 2.07 bits per heavy atom. The van der Waals surface area contributed by atoms with Gasteiger partial charge in [-0.3, -0.25) is 4.79 Å². The molecule has 0 heterocycles. The van der Waals surface area contributed by atoms with E-state index in [1.54, 1.807) is 0 Å². The number of halogens is 1. The Balaban J connectivity index is 3.86. The third-order valence-electron chi connectivity index (χ3n) is 1.69. The van der Waals surface area contributed by atoms with Crippen LogP contribution in [0.15, 0.2) is 0 Å². The Labute approximate surface area is 92.6 Å². The molecular weight excluding hydrogens is 274 g/mol. The second-order valence-corrected chi connectivity index (χ2v) is 6.10. The molecule has 0 aliphatic heterocycles. The molecule has 0 rings (SSSR count). The summed E-state index contributed by atoms with van der Waals surface area (Å²) in [6.45, 7) is 0.322. The lowest BCUT2D eigenvalue weighted by Crippen LogP contribution is -2.28. The van der Waals surface area contributed by atoms with E-state index in [2.05, 4.69) is 20.7 Å². The quantitative estimate of drug-likeness (QED) is 0.529. The van der Waals surface area contributed by atoms with Crippen LogP contribution in [-0.4, -0.2) is 44.1 Å². The minimum absolute atomic E-state index is 0.102. The van der Waals surface area contributed by atoms with Gasteiger partial charge in [-0.2, -0.15) is 0 Å². The highest BCUT2D eigenvalue weighted by Crippen LogP contribution is 2.04. The molecule has 0 unspecified atom stereocenters. The van der Waals surface area contributed by atoms with Crippen molar-refractivity contribution in [3.8, 4) is 0 Å². The van der Waals surface area contributed by atoms with Crippen LogP contribution in [0.3, 0.4) is 0 Å². The van der Waals surface area contributed by atoms with E-state index in [0.717, 1.165) is 0 Å². The number of methoxy groups -OCH3 is 1. The van der Waals surface area contributed by atoms with Crippen LogP contribution in [0.4, 0.5) is 0 Å². The maximum absolute atomic E-state index is 11.2. The van der Waals surface area contributed by atoms with Crippen molar-refractivity contribution in [1.29, 1.82) is 0 Å². The average Bonchev–Trinajstić information content (AvgIpc) is 2.17. The van der Waals surface area contributed by atoms with Gasteiger partial charge < -0.3 is 4.74 Å². The fraction of sp³-hybridized carbons (Fsp3) is 0.857. The minimum Gasteiger partial charge on any atom is -0.469 e. The van der Waals surface area contributed by atoms with Gasteiger partial charge in [-0.05, 0) is 6.42 Å². The lowest BCUT2D eigenvalue weighted by Gasteiger charge is -2.14. The third-order valence-corrected chi connectivity index (χ3v) is 4.84. The van der Waals surface area contributed by atoms with E-state index < -0.39 is 10.0 Å². The zero-order valence-electron chi connectivity index (χ0n) is 8.19. The number of hydrogen-bond donors (Lipinski definition) is 0. The van der Waals surface area contributed by atoms with Crippen LogP contribution in [-0.2, 0) is 19.6 Å². The Morgan fingerprint density at radius 3 is 2.50 bits per heavy atom. The molecule has 0 aromatic carbocycles. The van der Waals surface area contributed by atoms with Crippen molar-refractivity contribution < 1.29 is 17.9 Å². The molecule has 0 aliphatic carbocycles.